The fourth-order valence-electron chi connectivity index (χ4n) is 0.438. The number of alkyl halides is 1. The molecule has 1 nitrogen and oxygen atoms in total. The fourth-order valence-corrected chi connectivity index (χ4v) is 0.892. The normalized spacial score (nSPS) is 14.6. The van der Waals surface area contributed by atoms with Gasteiger partial charge in [0, 0.05) is 12.5 Å². The van der Waals surface area contributed by atoms with Crippen molar-refractivity contribution in [2.24, 2.45) is 11.8 Å². The van der Waals surface area contributed by atoms with Crippen LogP contribution in [0.5, 0.6) is 0 Å². The molecule has 0 radical (unpaired) electrons. The summed E-state index contributed by atoms with van der Waals surface area (Å²) in [7, 11) is 0. The first-order valence-corrected chi connectivity index (χ1v) is 3.42. The van der Waals surface area contributed by atoms with E-state index in [0.29, 0.717) is 11.8 Å². The minimum Gasteiger partial charge on any atom is -0.396 e. The Morgan fingerprint density at radius 1 is 1.50 bits per heavy atom. The molecule has 0 aromatic heterocycles. The summed E-state index contributed by atoms with van der Waals surface area (Å²) < 4.78 is 0. The van der Waals surface area contributed by atoms with Crippen LogP contribution in [0, 0.1) is 11.8 Å². The van der Waals surface area contributed by atoms with Crippen LogP contribution in [0.3, 0.4) is 0 Å². The van der Waals surface area contributed by atoms with Gasteiger partial charge in [-0.1, -0.05) is 13.8 Å². The zero-order valence-corrected chi connectivity index (χ0v) is 6.15. The predicted octanol–water partition coefficient (Wildman–Crippen LogP) is 1.49. The van der Waals surface area contributed by atoms with E-state index in [9.17, 15) is 0 Å². The zero-order valence-electron chi connectivity index (χ0n) is 5.39. The molecule has 1 unspecified atom stereocenters. The first kappa shape index (κ1) is 8.25. The highest BCUT2D eigenvalue weighted by atomic mass is 35.5. The molecule has 1 atom stereocenters. The van der Waals surface area contributed by atoms with Crippen LogP contribution in [0.1, 0.15) is 13.8 Å². The van der Waals surface area contributed by atoms with Crippen LogP contribution < -0.4 is 0 Å². The lowest BCUT2D eigenvalue weighted by Crippen LogP contribution is -2.14. The summed E-state index contributed by atoms with van der Waals surface area (Å²) in [6.07, 6.45) is 0. The van der Waals surface area contributed by atoms with Gasteiger partial charge in [-0.15, -0.1) is 11.6 Å². The minimum atomic E-state index is 0.209. The molecule has 0 bridgehead atoms. The maximum atomic E-state index is 8.61. The third-order valence-electron chi connectivity index (χ3n) is 1.38. The Labute approximate surface area is 55.7 Å². The highest BCUT2D eigenvalue weighted by molar-refractivity contribution is 6.18. The molecule has 0 heterocycles. The van der Waals surface area contributed by atoms with E-state index in [0.717, 1.165) is 0 Å². The van der Waals surface area contributed by atoms with Crippen molar-refractivity contribution in [3.8, 4) is 0 Å². The van der Waals surface area contributed by atoms with Crippen molar-refractivity contribution in [1.82, 2.24) is 0 Å². The van der Waals surface area contributed by atoms with Crippen LogP contribution in [-0.4, -0.2) is 17.6 Å². The number of rotatable bonds is 3. The number of halogens is 1. The summed E-state index contributed by atoms with van der Waals surface area (Å²) in [4.78, 5) is 0. The molecule has 0 amide bonds. The van der Waals surface area contributed by atoms with Crippen molar-refractivity contribution in [2.45, 2.75) is 13.8 Å². The summed E-state index contributed by atoms with van der Waals surface area (Å²) in [5.41, 5.74) is 0. The van der Waals surface area contributed by atoms with Gasteiger partial charge in [0.25, 0.3) is 0 Å². The van der Waals surface area contributed by atoms with Gasteiger partial charge in [-0.2, -0.15) is 0 Å². The van der Waals surface area contributed by atoms with Gasteiger partial charge >= 0.3 is 0 Å². The molecular weight excluding hydrogens is 124 g/mol. The average molecular weight is 137 g/mol. The molecule has 0 aromatic carbocycles. The molecule has 50 valence electrons. The molecule has 0 rings (SSSR count). The molecule has 0 aromatic rings. The third kappa shape index (κ3) is 2.53. The molecule has 0 spiro atoms. The molecule has 0 saturated heterocycles. The van der Waals surface area contributed by atoms with Crippen LogP contribution in [0.4, 0.5) is 0 Å². The van der Waals surface area contributed by atoms with Crippen LogP contribution in [-0.2, 0) is 0 Å². The van der Waals surface area contributed by atoms with Crippen molar-refractivity contribution in [1.29, 1.82) is 0 Å². The minimum absolute atomic E-state index is 0.209. The van der Waals surface area contributed by atoms with E-state index in [1.807, 2.05) is 0 Å². The van der Waals surface area contributed by atoms with Gasteiger partial charge < -0.3 is 5.11 Å². The first-order chi connectivity index (χ1) is 3.72. The van der Waals surface area contributed by atoms with E-state index < -0.39 is 0 Å². The van der Waals surface area contributed by atoms with Crippen LogP contribution >= 0.6 is 11.6 Å². The van der Waals surface area contributed by atoms with Crippen LogP contribution in [0.25, 0.3) is 0 Å². The molecule has 0 fully saturated rings. The largest absolute Gasteiger partial charge is 0.396 e. The molecule has 0 aliphatic carbocycles. The van der Waals surface area contributed by atoms with E-state index >= 15 is 0 Å². The SMILES string of the molecule is CC(C)C(CO)CCl. The van der Waals surface area contributed by atoms with Gasteiger partial charge in [0.2, 0.25) is 0 Å². The Morgan fingerprint density at radius 2 is 2.00 bits per heavy atom. The second-order valence-corrected chi connectivity index (χ2v) is 2.65. The first-order valence-electron chi connectivity index (χ1n) is 2.89. The van der Waals surface area contributed by atoms with Gasteiger partial charge in [0.05, 0.1) is 0 Å². The molecular formula is C6H13ClO. The van der Waals surface area contributed by atoms with E-state index in [4.69, 9.17) is 16.7 Å². The van der Waals surface area contributed by atoms with Gasteiger partial charge in [-0.25, -0.2) is 0 Å². The van der Waals surface area contributed by atoms with Crippen molar-refractivity contribution in [3.63, 3.8) is 0 Å². The quantitative estimate of drug-likeness (QED) is 0.583. The smallest absolute Gasteiger partial charge is 0.0473 e. The van der Waals surface area contributed by atoms with Gasteiger partial charge in [0.1, 0.15) is 0 Å². The van der Waals surface area contributed by atoms with Crippen molar-refractivity contribution >= 4 is 11.6 Å². The average Bonchev–Trinajstić information content (AvgIpc) is 1.69. The molecule has 8 heavy (non-hydrogen) atoms. The second kappa shape index (κ2) is 4.16. The number of hydrogen-bond donors (Lipinski definition) is 1. The van der Waals surface area contributed by atoms with Crippen molar-refractivity contribution < 1.29 is 5.11 Å². The Bertz CT molecular complexity index is 50.5. The highest BCUT2D eigenvalue weighted by Crippen LogP contribution is 2.10. The van der Waals surface area contributed by atoms with Gasteiger partial charge in [-0.05, 0) is 11.8 Å². The number of hydrogen-bond acceptors (Lipinski definition) is 1. The summed E-state index contributed by atoms with van der Waals surface area (Å²) in [6, 6.07) is 0. The van der Waals surface area contributed by atoms with Gasteiger partial charge in [0.15, 0.2) is 0 Å². The summed E-state index contributed by atoms with van der Waals surface area (Å²) in [5.74, 6) is 1.34. The van der Waals surface area contributed by atoms with Crippen molar-refractivity contribution in [3.05, 3.63) is 0 Å². The number of aliphatic hydroxyl groups is 1. The number of aliphatic hydroxyl groups excluding tert-OH is 1. The second-order valence-electron chi connectivity index (χ2n) is 2.34. The molecule has 2 heteroatoms. The van der Waals surface area contributed by atoms with E-state index in [1.54, 1.807) is 0 Å². The maximum absolute atomic E-state index is 8.61. The maximum Gasteiger partial charge on any atom is 0.0473 e. The van der Waals surface area contributed by atoms with Gasteiger partial charge in [-0.3, -0.25) is 0 Å². The standard InChI is InChI=1S/C6H13ClO/c1-5(2)6(3-7)4-8/h5-6,8H,3-4H2,1-2H3. The Balaban J connectivity index is 3.35. The molecule has 0 aliphatic rings. The Morgan fingerprint density at radius 3 is 2.00 bits per heavy atom. The van der Waals surface area contributed by atoms with E-state index in [1.165, 1.54) is 0 Å². The van der Waals surface area contributed by atoms with Crippen LogP contribution in [0.15, 0.2) is 0 Å². The lowest BCUT2D eigenvalue weighted by Gasteiger charge is -2.13. The highest BCUT2D eigenvalue weighted by Gasteiger charge is 2.08. The third-order valence-corrected chi connectivity index (χ3v) is 1.77. The Hall–Kier alpha value is 0.250. The van der Waals surface area contributed by atoms with E-state index in [-0.39, 0.29) is 12.5 Å². The Kier molecular flexibility index (Phi) is 4.29. The van der Waals surface area contributed by atoms with E-state index in [2.05, 4.69) is 13.8 Å². The lowest BCUT2D eigenvalue weighted by atomic mass is 9.99. The van der Waals surface area contributed by atoms with Crippen LogP contribution in [0.2, 0.25) is 0 Å². The fraction of sp³-hybridized carbons (Fsp3) is 1.00. The predicted molar refractivity (Wildman–Crippen MR) is 36.1 cm³/mol. The topological polar surface area (TPSA) is 20.2 Å². The molecule has 0 aliphatic heterocycles. The summed E-state index contributed by atoms with van der Waals surface area (Å²) in [6.45, 7) is 4.33. The molecule has 1 N–H and O–H groups in total. The van der Waals surface area contributed by atoms with Crippen molar-refractivity contribution in [2.75, 3.05) is 12.5 Å². The monoisotopic (exact) mass is 136 g/mol. The lowest BCUT2D eigenvalue weighted by molar-refractivity contribution is 0.205. The summed E-state index contributed by atoms with van der Waals surface area (Å²) in [5, 5.41) is 8.61. The molecule has 0 saturated carbocycles. The summed E-state index contributed by atoms with van der Waals surface area (Å²) >= 11 is 5.50. The zero-order chi connectivity index (χ0) is 6.57.